The van der Waals surface area contributed by atoms with Crippen LogP contribution in [0.25, 0.3) is 11.2 Å². The second-order valence-corrected chi connectivity index (χ2v) is 6.42. The molecule has 0 radical (unpaired) electrons. The number of anilines is 1. The average molecular weight is 337 g/mol. The highest BCUT2D eigenvalue weighted by molar-refractivity contribution is 9.10. The molecular formula is C13H13BrN4S. The summed E-state index contributed by atoms with van der Waals surface area (Å²) in [6.07, 6.45) is 2.71. The molecule has 2 N–H and O–H groups in total. The Morgan fingerprint density at radius 3 is 3.11 bits per heavy atom. The average Bonchev–Trinajstić information content (AvgIpc) is 2.95. The van der Waals surface area contributed by atoms with Gasteiger partial charge >= 0.3 is 0 Å². The maximum absolute atomic E-state index is 6.03. The highest BCUT2D eigenvalue weighted by atomic mass is 79.9. The number of fused-ring (bicyclic) bond motifs is 1. The summed E-state index contributed by atoms with van der Waals surface area (Å²) in [7, 11) is 0. The van der Waals surface area contributed by atoms with Crippen LogP contribution in [0.2, 0.25) is 0 Å². The fourth-order valence-corrected chi connectivity index (χ4v) is 3.37. The van der Waals surface area contributed by atoms with Gasteiger partial charge in [-0.2, -0.15) is 0 Å². The lowest BCUT2D eigenvalue weighted by Gasteiger charge is -2.14. The van der Waals surface area contributed by atoms with Crippen LogP contribution in [-0.2, 0) is 6.42 Å². The van der Waals surface area contributed by atoms with Gasteiger partial charge in [0, 0.05) is 28.0 Å². The Kier molecular flexibility index (Phi) is 3.28. The van der Waals surface area contributed by atoms with E-state index in [1.54, 1.807) is 17.5 Å². The largest absolute Gasteiger partial charge is 0.369 e. The Morgan fingerprint density at radius 1 is 1.53 bits per heavy atom. The van der Waals surface area contributed by atoms with E-state index in [-0.39, 0.29) is 6.04 Å². The van der Waals surface area contributed by atoms with E-state index < -0.39 is 0 Å². The van der Waals surface area contributed by atoms with Gasteiger partial charge in [0.25, 0.3) is 0 Å². The van der Waals surface area contributed by atoms with Gasteiger partial charge in [-0.3, -0.25) is 4.57 Å². The van der Waals surface area contributed by atoms with E-state index in [0.29, 0.717) is 5.95 Å². The molecule has 0 aliphatic carbocycles. The van der Waals surface area contributed by atoms with Crippen molar-refractivity contribution >= 4 is 44.4 Å². The third-order valence-corrected chi connectivity index (χ3v) is 4.37. The normalized spacial score (nSPS) is 12.9. The van der Waals surface area contributed by atoms with Gasteiger partial charge in [0.15, 0.2) is 5.65 Å². The summed E-state index contributed by atoms with van der Waals surface area (Å²) in [6, 6.07) is 6.38. The minimum Gasteiger partial charge on any atom is -0.369 e. The molecule has 4 nitrogen and oxygen atoms in total. The van der Waals surface area contributed by atoms with Crippen molar-refractivity contribution in [3.8, 4) is 0 Å². The lowest BCUT2D eigenvalue weighted by atomic mass is 10.2. The molecule has 6 heteroatoms. The standard InChI is InChI=1S/C13H13BrN4S/c1-8(5-10-3-2-4-19-10)18-12-11(17-13(18)15)6-9(14)7-16-12/h2-4,6-8H,5H2,1H3,(H2,15,17). The molecule has 1 atom stereocenters. The van der Waals surface area contributed by atoms with Crippen molar-refractivity contribution in [2.45, 2.75) is 19.4 Å². The van der Waals surface area contributed by atoms with Gasteiger partial charge in [-0.25, -0.2) is 9.97 Å². The molecular weight excluding hydrogens is 324 g/mol. The van der Waals surface area contributed by atoms with Gasteiger partial charge in [0.1, 0.15) is 5.52 Å². The summed E-state index contributed by atoms with van der Waals surface area (Å²) in [5.41, 5.74) is 7.69. The van der Waals surface area contributed by atoms with Crippen LogP contribution in [0.15, 0.2) is 34.2 Å². The number of hydrogen-bond donors (Lipinski definition) is 1. The fourth-order valence-electron chi connectivity index (χ4n) is 2.22. The van der Waals surface area contributed by atoms with Crippen LogP contribution in [0.5, 0.6) is 0 Å². The summed E-state index contributed by atoms with van der Waals surface area (Å²) in [5, 5.41) is 2.09. The molecule has 0 amide bonds. The second-order valence-electron chi connectivity index (χ2n) is 4.47. The van der Waals surface area contributed by atoms with Crippen LogP contribution in [0.3, 0.4) is 0 Å². The van der Waals surface area contributed by atoms with Gasteiger partial charge in [-0.05, 0) is 40.4 Å². The zero-order chi connectivity index (χ0) is 13.4. The van der Waals surface area contributed by atoms with E-state index in [2.05, 4.69) is 50.3 Å². The van der Waals surface area contributed by atoms with E-state index in [4.69, 9.17) is 5.73 Å². The molecule has 0 saturated heterocycles. The summed E-state index contributed by atoms with van der Waals surface area (Å²) < 4.78 is 2.91. The summed E-state index contributed by atoms with van der Waals surface area (Å²) >= 11 is 5.16. The van der Waals surface area contributed by atoms with Gasteiger partial charge in [-0.15, -0.1) is 11.3 Å². The van der Waals surface area contributed by atoms with Crippen molar-refractivity contribution in [2.75, 3.05) is 5.73 Å². The van der Waals surface area contributed by atoms with E-state index in [1.165, 1.54) is 4.88 Å². The lowest BCUT2D eigenvalue weighted by molar-refractivity contribution is 0.567. The first kappa shape index (κ1) is 12.6. The van der Waals surface area contributed by atoms with E-state index in [9.17, 15) is 0 Å². The van der Waals surface area contributed by atoms with Crippen LogP contribution in [0.4, 0.5) is 5.95 Å². The number of nitrogens with two attached hydrogens (primary N) is 1. The zero-order valence-corrected chi connectivity index (χ0v) is 12.8. The Balaban J connectivity index is 2.01. The fraction of sp³-hybridized carbons (Fsp3) is 0.231. The molecule has 0 saturated carbocycles. The molecule has 0 bridgehead atoms. The van der Waals surface area contributed by atoms with Crippen LogP contribution in [0, 0.1) is 0 Å². The number of aromatic nitrogens is 3. The van der Waals surface area contributed by atoms with Crippen molar-refractivity contribution in [3.63, 3.8) is 0 Å². The van der Waals surface area contributed by atoms with Crippen LogP contribution in [-0.4, -0.2) is 14.5 Å². The van der Waals surface area contributed by atoms with Crippen LogP contribution < -0.4 is 5.73 Å². The summed E-state index contributed by atoms with van der Waals surface area (Å²) in [4.78, 5) is 10.1. The minimum absolute atomic E-state index is 0.234. The van der Waals surface area contributed by atoms with Crippen molar-refractivity contribution < 1.29 is 0 Å². The number of thiophene rings is 1. The first-order valence-corrected chi connectivity index (χ1v) is 7.64. The molecule has 19 heavy (non-hydrogen) atoms. The van der Waals surface area contributed by atoms with Crippen LogP contribution >= 0.6 is 27.3 Å². The number of nitrogens with zero attached hydrogens (tertiary/aromatic N) is 3. The van der Waals surface area contributed by atoms with Crippen molar-refractivity contribution in [1.29, 1.82) is 0 Å². The molecule has 0 aromatic carbocycles. The number of rotatable bonds is 3. The maximum Gasteiger partial charge on any atom is 0.202 e. The Bertz CT molecular complexity index is 705. The van der Waals surface area contributed by atoms with Crippen LogP contribution in [0.1, 0.15) is 17.8 Å². The first-order chi connectivity index (χ1) is 9.15. The van der Waals surface area contributed by atoms with Gasteiger partial charge in [0.05, 0.1) is 0 Å². The molecule has 1 unspecified atom stereocenters. The number of nitrogen functional groups attached to an aromatic ring is 1. The zero-order valence-electron chi connectivity index (χ0n) is 10.4. The Labute approximate surface area is 123 Å². The number of pyridine rings is 1. The molecule has 3 aromatic rings. The highest BCUT2D eigenvalue weighted by Gasteiger charge is 2.16. The highest BCUT2D eigenvalue weighted by Crippen LogP contribution is 2.26. The Morgan fingerprint density at radius 2 is 2.37 bits per heavy atom. The van der Waals surface area contributed by atoms with Crippen molar-refractivity contribution in [3.05, 3.63) is 39.1 Å². The molecule has 3 heterocycles. The van der Waals surface area contributed by atoms with Crippen molar-refractivity contribution in [1.82, 2.24) is 14.5 Å². The summed E-state index contributed by atoms with van der Waals surface area (Å²) in [6.45, 7) is 2.14. The van der Waals surface area contributed by atoms with E-state index in [0.717, 1.165) is 22.1 Å². The van der Waals surface area contributed by atoms with Gasteiger partial charge in [-0.1, -0.05) is 6.07 Å². The second kappa shape index (κ2) is 4.94. The first-order valence-electron chi connectivity index (χ1n) is 5.96. The van der Waals surface area contributed by atoms with Gasteiger partial charge < -0.3 is 5.73 Å². The minimum atomic E-state index is 0.234. The quantitative estimate of drug-likeness (QED) is 0.794. The number of imidazole rings is 1. The molecule has 0 spiro atoms. The molecule has 0 aliphatic rings. The van der Waals surface area contributed by atoms with Crippen molar-refractivity contribution in [2.24, 2.45) is 0 Å². The molecule has 3 rings (SSSR count). The molecule has 98 valence electrons. The SMILES string of the molecule is CC(Cc1cccs1)n1c(N)nc2cc(Br)cnc21. The number of hydrogen-bond acceptors (Lipinski definition) is 4. The topological polar surface area (TPSA) is 56.7 Å². The third-order valence-electron chi connectivity index (χ3n) is 3.04. The predicted molar refractivity (Wildman–Crippen MR) is 82.4 cm³/mol. The molecule has 0 fully saturated rings. The van der Waals surface area contributed by atoms with Gasteiger partial charge in [0.2, 0.25) is 5.95 Å². The molecule has 0 aliphatic heterocycles. The molecule has 3 aromatic heterocycles. The predicted octanol–water partition coefficient (Wildman–Crippen LogP) is 3.64. The monoisotopic (exact) mass is 336 g/mol. The third kappa shape index (κ3) is 2.37. The maximum atomic E-state index is 6.03. The Hall–Kier alpha value is -1.40. The smallest absolute Gasteiger partial charge is 0.202 e. The van der Waals surface area contributed by atoms with E-state index in [1.807, 2.05) is 10.6 Å². The summed E-state index contributed by atoms with van der Waals surface area (Å²) in [5.74, 6) is 0.518. The van der Waals surface area contributed by atoms with E-state index >= 15 is 0 Å². The lowest BCUT2D eigenvalue weighted by Crippen LogP contribution is -2.11. The number of halogens is 1.